The highest BCUT2D eigenvalue weighted by molar-refractivity contribution is 6.11. The molecule has 4 rings (SSSR count). The molecule has 3 aromatic rings. The number of aromatic amines is 1. The topological polar surface area (TPSA) is 95.2 Å². The van der Waals surface area contributed by atoms with Crippen LogP contribution in [-0.2, 0) is 16.0 Å². The first-order valence-electron chi connectivity index (χ1n) is 10.9. The molecule has 0 spiro atoms. The third-order valence-electron chi connectivity index (χ3n) is 5.59. The maximum absolute atomic E-state index is 12.9. The molecule has 1 aliphatic rings. The largest absolute Gasteiger partial charge is 0.358 e. The fraction of sp³-hybridized carbons (Fsp3) is 0.231. The van der Waals surface area contributed by atoms with Gasteiger partial charge in [-0.25, -0.2) is 0 Å². The van der Waals surface area contributed by atoms with E-state index < -0.39 is 0 Å². The van der Waals surface area contributed by atoms with Crippen molar-refractivity contribution < 1.29 is 14.4 Å². The molecule has 0 unspecified atom stereocenters. The van der Waals surface area contributed by atoms with E-state index in [-0.39, 0.29) is 23.6 Å². The lowest BCUT2D eigenvalue weighted by Crippen LogP contribution is -2.42. The van der Waals surface area contributed by atoms with E-state index in [0.29, 0.717) is 29.8 Å². The van der Waals surface area contributed by atoms with Gasteiger partial charge in [0, 0.05) is 58.9 Å². The number of hydrogen-bond acceptors (Lipinski definition) is 4. The number of carbonyl (C=O) groups excluding carboxylic acids is 3. The smallest absolute Gasteiger partial charge is 0.262 e. The third kappa shape index (κ3) is 4.48. The molecule has 7 heteroatoms. The number of benzene rings is 1. The van der Waals surface area contributed by atoms with Gasteiger partial charge in [-0.05, 0) is 37.3 Å². The molecule has 0 saturated carbocycles. The molecule has 0 radical (unpaired) electrons. The zero-order valence-corrected chi connectivity index (χ0v) is 18.9. The van der Waals surface area contributed by atoms with Gasteiger partial charge in [-0.1, -0.05) is 32.6 Å². The van der Waals surface area contributed by atoms with Gasteiger partial charge in [0.2, 0.25) is 5.91 Å². The minimum atomic E-state index is -0.343. The maximum atomic E-state index is 12.9. The summed E-state index contributed by atoms with van der Waals surface area (Å²) < 4.78 is 0. The molecule has 0 saturated heterocycles. The molecule has 3 heterocycles. The minimum Gasteiger partial charge on any atom is -0.358 e. The van der Waals surface area contributed by atoms with Crippen molar-refractivity contribution in [1.29, 1.82) is 0 Å². The van der Waals surface area contributed by atoms with Crippen LogP contribution in [0, 0.1) is 5.92 Å². The maximum Gasteiger partial charge on any atom is 0.262 e. The van der Waals surface area contributed by atoms with E-state index in [9.17, 15) is 14.4 Å². The molecule has 7 nitrogen and oxygen atoms in total. The average molecular weight is 443 g/mol. The molecule has 0 atom stereocenters. The summed E-state index contributed by atoms with van der Waals surface area (Å²) in [5.41, 5.74) is 5.63. The Morgan fingerprint density at radius 3 is 2.67 bits per heavy atom. The van der Waals surface area contributed by atoms with E-state index in [4.69, 9.17) is 0 Å². The molecule has 0 bridgehead atoms. The zero-order valence-electron chi connectivity index (χ0n) is 18.9. The van der Waals surface area contributed by atoms with Gasteiger partial charge >= 0.3 is 0 Å². The summed E-state index contributed by atoms with van der Waals surface area (Å²) >= 11 is 0. The second-order valence-corrected chi connectivity index (χ2v) is 8.52. The molecular formula is C26H26N4O3. The highest BCUT2D eigenvalue weighted by Crippen LogP contribution is 2.29. The standard InChI is InChI=1S/C26H26N4O3/c1-15(2)24(31)28-19-7-5-6-17(12-19)22-13-18(8-10-27-22)23-14-20-21(29-23)9-11-30(26(20)33)25(32)16(3)4/h5-8,10,12-15,29H,3,9,11H2,1-2,4H3,(H,28,31). The Labute approximate surface area is 192 Å². The van der Waals surface area contributed by atoms with Crippen molar-refractivity contribution in [3.8, 4) is 22.5 Å². The number of fused-ring (bicyclic) bond motifs is 1. The van der Waals surface area contributed by atoms with Crippen molar-refractivity contribution in [3.63, 3.8) is 0 Å². The van der Waals surface area contributed by atoms with E-state index in [0.717, 1.165) is 28.2 Å². The Balaban J connectivity index is 1.62. The van der Waals surface area contributed by atoms with Crippen molar-refractivity contribution in [2.24, 2.45) is 5.92 Å². The van der Waals surface area contributed by atoms with Crippen LogP contribution in [0.5, 0.6) is 0 Å². The second kappa shape index (κ2) is 8.86. The number of hydrogen-bond donors (Lipinski definition) is 2. The molecule has 2 N–H and O–H groups in total. The number of nitrogens with one attached hydrogen (secondary N) is 2. The fourth-order valence-electron chi connectivity index (χ4n) is 3.73. The highest BCUT2D eigenvalue weighted by atomic mass is 16.2. The van der Waals surface area contributed by atoms with Gasteiger partial charge < -0.3 is 10.3 Å². The molecule has 33 heavy (non-hydrogen) atoms. The van der Waals surface area contributed by atoms with Crippen molar-refractivity contribution in [2.45, 2.75) is 27.2 Å². The van der Waals surface area contributed by atoms with Crippen molar-refractivity contribution >= 4 is 23.4 Å². The fourth-order valence-corrected chi connectivity index (χ4v) is 3.73. The molecule has 3 amide bonds. The van der Waals surface area contributed by atoms with Gasteiger partial charge in [0.15, 0.2) is 0 Å². The second-order valence-electron chi connectivity index (χ2n) is 8.52. The first kappa shape index (κ1) is 22.2. The van der Waals surface area contributed by atoms with Crippen molar-refractivity contribution in [1.82, 2.24) is 14.9 Å². The molecule has 0 aliphatic carbocycles. The average Bonchev–Trinajstić information content (AvgIpc) is 3.24. The summed E-state index contributed by atoms with van der Waals surface area (Å²) in [6.07, 6.45) is 2.28. The zero-order chi connectivity index (χ0) is 23.7. The Morgan fingerprint density at radius 1 is 1.15 bits per heavy atom. The number of H-pyrrole nitrogens is 1. The third-order valence-corrected chi connectivity index (χ3v) is 5.59. The normalized spacial score (nSPS) is 13.1. The number of anilines is 1. The van der Waals surface area contributed by atoms with Crippen LogP contribution in [0.4, 0.5) is 5.69 Å². The van der Waals surface area contributed by atoms with Crippen LogP contribution in [0.1, 0.15) is 36.8 Å². The number of imide groups is 1. The summed E-state index contributed by atoms with van der Waals surface area (Å²) in [4.78, 5) is 46.3. The molecule has 1 aromatic carbocycles. The van der Waals surface area contributed by atoms with Crippen LogP contribution in [0.25, 0.3) is 22.5 Å². The van der Waals surface area contributed by atoms with E-state index in [1.54, 1.807) is 19.2 Å². The van der Waals surface area contributed by atoms with Gasteiger partial charge in [0.25, 0.3) is 11.8 Å². The van der Waals surface area contributed by atoms with Crippen LogP contribution in [-0.4, -0.2) is 39.1 Å². The van der Waals surface area contributed by atoms with E-state index in [1.807, 2.05) is 50.2 Å². The SMILES string of the molecule is C=C(C)C(=O)N1CCc2[nH]c(-c3ccnc(-c4cccc(NC(=O)C(C)C)c4)c3)cc2C1=O. The predicted molar refractivity (Wildman–Crippen MR) is 127 cm³/mol. The lowest BCUT2D eigenvalue weighted by Gasteiger charge is -2.24. The lowest BCUT2D eigenvalue weighted by atomic mass is 10.0. The number of aromatic nitrogens is 2. The minimum absolute atomic E-state index is 0.0466. The van der Waals surface area contributed by atoms with Crippen LogP contribution >= 0.6 is 0 Å². The number of pyridine rings is 1. The van der Waals surface area contributed by atoms with E-state index >= 15 is 0 Å². The summed E-state index contributed by atoms with van der Waals surface area (Å²) in [5, 5.41) is 2.91. The number of carbonyl (C=O) groups is 3. The molecule has 2 aromatic heterocycles. The van der Waals surface area contributed by atoms with Gasteiger partial charge in [0.1, 0.15) is 0 Å². The number of amides is 3. The van der Waals surface area contributed by atoms with Crippen molar-refractivity contribution in [2.75, 3.05) is 11.9 Å². The quantitative estimate of drug-likeness (QED) is 0.571. The first-order chi connectivity index (χ1) is 15.7. The highest BCUT2D eigenvalue weighted by Gasteiger charge is 2.31. The van der Waals surface area contributed by atoms with Crippen LogP contribution in [0.15, 0.2) is 60.8 Å². The molecule has 168 valence electrons. The molecule has 1 aliphatic heterocycles. The molecule has 0 fully saturated rings. The van der Waals surface area contributed by atoms with Crippen molar-refractivity contribution in [3.05, 3.63) is 72.1 Å². The lowest BCUT2D eigenvalue weighted by molar-refractivity contribution is -0.124. The Morgan fingerprint density at radius 2 is 1.94 bits per heavy atom. The van der Waals surface area contributed by atoms with Gasteiger partial charge in [0.05, 0.1) is 11.3 Å². The van der Waals surface area contributed by atoms with Crippen LogP contribution in [0.2, 0.25) is 0 Å². The monoisotopic (exact) mass is 442 g/mol. The van der Waals surface area contributed by atoms with Crippen LogP contribution < -0.4 is 5.32 Å². The van der Waals surface area contributed by atoms with Gasteiger partial charge in [-0.3, -0.25) is 24.3 Å². The Hall–Kier alpha value is -4.00. The number of nitrogens with zero attached hydrogens (tertiary/aromatic N) is 2. The summed E-state index contributed by atoms with van der Waals surface area (Å²) in [5.74, 6) is -0.813. The van der Waals surface area contributed by atoms with Crippen LogP contribution in [0.3, 0.4) is 0 Å². The first-order valence-corrected chi connectivity index (χ1v) is 10.9. The van der Waals surface area contributed by atoms with E-state index in [2.05, 4.69) is 21.9 Å². The van der Waals surface area contributed by atoms with Gasteiger partial charge in [-0.15, -0.1) is 0 Å². The molecular weight excluding hydrogens is 416 g/mol. The summed E-state index contributed by atoms with van der Waals surface area (Å²) in [7, 11) is 0. The summed E-state index contributed by atoms with van der Waals surface area (Å²) in [6, 6.07) is 13.1. The predicted octanol–water partition coefficient (Wildman–Crippen LogP) is 4.44. The Bertz CT molecular complexity index is 1270. The number of rotatable bonds is 5. The van der Waals surface area contributed by atoms with Gasteiger partial charge in [-0.2, -0.15) is 0 Å². The van der Waals surface area contributed by atoms with E-state index in [1.165, 1.54) is 4.90 Å². The Kier molecular flexibility index (Phi) is 5.96. The summed E-state index contributed by atoms with van der Waals surface area (Å²) in [6.45, 7) is 9.29.